The lowest BCUT2D eigenvalue weighted by Crippen LogP contribution is -2.69. The summed E-state index contributed by atoms with van der Waals surface area (Å²) in [6.45, 7) is 9.30. The first-order valence-electron chi connectivity index (χ1n) is 8.55. The second-order valence-electron chi connectivity index (χ2n) is 7.29. The number of urea groups is 1. The zero-order valence-corrected chi connectivity index (χ0v) is 14.9. The largest absolute Gasteiger partial charge is 0.380 e. The highest BCUT2D eigenvalue weighted by atomic mass is 16.5. The molecule has 3 atom stereocenters. The Morgan fingerprint density at radius 1 is 1.25 bits per heavy atom. The van der Waals surface area contributed by atoms with Crippen LogP contribution in [0.25, 0.3) is 0 Å². The summed E-state index contributed by atoms with van der Waals surface area (Å²) in [6.07, 6.45) is 3.68. The molecule has 24 heavy (non-hydrogen) atoms. The Morgan fingerprint density at radius 3 is 2.42 bits per heavy atom. The summed E-state index contributed by atoms with van der Waals surface area (Å²) in [5, 5.41) is 3.20. The lowest BCUT2D eigenvalue weighted by Gasteiger charge is -2.56. The van der Waals surface area contributed by atoms with Gasteiger partial charge in [-0.25, -0.2) is 14.8 Å². The van der Waals surface area contributed by atoms with Gasteiger partial charge in [0, 0.05) is 63.1 Å². The van der Waals surface area contributed by atoms with Gasteiger partial charge in [0.2, 0.25) is 5.95 Å². The molecule has 1 N–H and O–H groups in total. The zero-order chi connectivity index (χ0) is 17.3. The van der Waals surface area contributed by atoms with Gasteiger partial charge in [-0.2, -0.15) is 0 Å². The topological polar surface area (TPSA) is 70.6 Å². The predicted molar refractivity (Wildman–Crippen MR) is 91.9 cm³/mol. The molecule has 2 heterocycles. The van der Waals surface area contributed by atoms with Gasteiger partial charge in [0.05, 0.1) is 6.10 Å². The highest BCUT2D eigenvalue weighted by Gasteiger charge is 2.55. The fraction of sp³-hybridized carbons (Fsp3) is 0.706. The quantitative estimate of drug-likeness (QED) is 0.904. The third-order valence-corrected chi connectivity index (χ3v) is 5.47. The summed E-state index contributed by atoms with van der Waals surface area (Å²) in [5.41, 5.74) is -0.0382. The monoisotopic (exact) mass is 333 g/mol. The molecule has 1 saturated carbocycles. The number of carbonyl (C=O) groups is 1. The third-order valence-electron chi connectivity index (χ3n) is 5.47. The molecule has 2 amide bonds. The fourth-order valence-corrected chi connectivity index (χ4v) is 4.21. The summed E-state index contributed by atoms with van der Waals surface area (Å²) in [4.78, 5) is 25.1. The number of anilines is 1. The Bertz CT molecular complexity index is 572. The number of carbonyl (C=O) groups excluding carboxylic acids is 1. The number of aromatic nitrogens is 2. The van der Waals surface area contributed by atoms with Crippen molar-refractivity contribution in [1.29, 1.82) is 0 Å². The van der Waals surface area contributed by atoms with E-state index in [4.69, 9.17) is 4.74 Å². The molecule has 1 aliphatic carbocycles. The first kappa shape index (κ1) is 17.0. The average Bonchev–Trinajstić information content (AvgIpc) is 2.60. The number of methoxy groups -OCH3 is 1. The van der Waals surface area contributed by atoms with Crippen LogP contribution in [0, 0.1) is 11.3 Å². The van der Waals surface area contributed by atoms with Crippen molar-refractivity contribution in [2.45, 2.75) is 32.9 Å². The second kappa shape index (κ2) is 6.55. The molecule has 0 spiro atoms. The van der Waals surface area contributed by atoms with Gasteiger partial charge in [-0.3, -0.25) is 0 Å². The minimum absolute atomic E-state index is 0.0168. The molecule has 132 valence electrons. The van der Waals surface area contributed by atoms with Crippen LogP contribution in [0.15, 0.2) is 18.5 Å². The van der Waals surface area contributed by atoms with Crippen LogP contribution in [0.2, 0.25) is 0 Å². The molecule has 0 aromatic carbocycles. The van der Waals surface area contributed by atoms with E-state index in [1.165, 1.54) is 0 Å². The molecular weight excluding hydrogens is 306 g/mol. The van der Waals surface area contributed by atoms with Crippen molar-refractivity contribution in [3.05, 3.63) is 18.5 Å². The first-order chi connectivity index (χ1) is 11.4. The van der Waals surface area contributed by atoms with Gasteiger partial charge in [-0.15, -0.1) is 0 Å². The molecule has 0 radical (unpaired) electrons. The van der Waals surface area contributed by atoms with Crippen LogP contribution in [0.1, 0.15) is 20.8 Å². The first-order valence-corrected chi connectivity index (χ1v) is 8.55. The number of ether oxygens (including phenoxy) is 1. The maximum Gasteiger partial charge on any atom is 0.317 e. The summed E-state index contributed by atoms with van der Waals surface area (Å²) in [5.74, 6) is 1.06. The summed E-state index contributed by atoms with van der Waals surface area (Å²) in [7, 11) is 1.74. The molecule has 0 bridgehead atoms. The molecule has 1 aliphatic heterocycles. The van der Waals surface area contributed by atoms with E-state index < -0.39 is 0 Å². The molecule has 3 unspecified atom stereocenters. The Balaban J connectivity index is 1.53. The molecule has 7 nitrogen and oxygen atoms in total. The van der Waals surface area contributed by atoms with Gasteiger partial charge in [0.1, 0.15) is 0 Å². The van der Waals surface area contributed by atoms with Gasteiger partial charge in [0.15, 0.2) is 0 Å². The van der Waals surface area contributed by atoms with Gasteiger partial charge < -0.3 is 19.9 Å². The number of hydrogen-bond acceptors (Lipinski definition) is 5. The van der Waals surface area contributed by atoms with Crippen molar-refractivity contribution >= 4 is 12.0 Å². The van der Waals surface area contributed by atoms with Crippen molar-refractivity contribution < 1.29 is 9.53 Å². The number of nitrogens with one attached hydrogen (secondary N) is 1. The van der Waals surface area contributed by atoms with Crippen molar-refractivity contribution in [1.82, 2.24) is 20.2 Å². The number of amides is 2. The smallest absolute Gasteiger partial charge is 0.317 e. The van der Waals surface area contributed by atoms with Gasteiger partial charge in [-0.1, -0.05) is 20.8 Å². The van der Waals surface area contributed by atoms with Crippen molar-refractivity contribution in [3.8, 4) is 0 Å². The molecule has 2 aliphatic rings. The van der Waals surface area contributed by atoms with Crippen molar-refractivity contribution in [2.24, 2.45) is 11.3 Å². The van der Waals surface area contributed by atoms with Crippen LogP contribution < -0.4 is 10.2 Å². The Labute approximate surface area is 143 Å². The van der Waals surface area contributed by atoms with E-state index in [-0.39, 0.29) is 23.6 Å². The van der Waals surface area contributed by atoms with Crippen LogP contribution in [0.4, 0.5) is 10.7 Å². The summed E-state index contributed by atoms with van der Waals surface area (Å²) in [6, 6.07) is 1.97. The average molecular weight is 333 g/mol. The Hall–Kier alpha value is -1.89. The lowest BCUT2D eigenvalue weighted by atomic mass is 9.58. The molecular formula is C17H27N5O2. The molecule has 3 rings (SSSR count). The zero-order valence-electron chi connectivity index (χ0n) is 14.9. The van der Waals surface area contributed by atoms with Crippen molar-refractivity contribution in [3.63, 3.8) is 0 Å². The van der Waals surface area contributed by atoms with E-state index in [0.717, 1.165) is 19.0 Å². The highest BCUT2D eigenvalue weighted by molar-refractivity contribution is 5.75. The van der Waals surface area contributed by atoms with E-state index in [0.29, 0.717) is 19.0 Å². The van der Waals surface area contributed by atoms with Crippen LogP contribution in [0.3, 0.4) is 0 Å². The Kier molecular flexibility index (Phi) is 4.62. The normalized spacial score (nSPS) is 29.1. The fourth-order valence-electron chi connectivity index (χ4n) is 4.21. The van der Waals surface area contributed by atoms with Gasteiger partial charge in [0.25, 0.3) is 0 Å². The minimum atomic E-state index is -0.0382. The number of rotatable bonds is 3. The Morgan fingerprint density at radius 2 is 1.88 bits per heavy atom. The number of nitrogens with zero attached hydrogens (tertiary/aromatic N) is 4. The number of piperazine rings is 1. The van der Waals surface area contributed by atoms with E-state index >= 15 is 0 Å². The summed E-state index contributed by atoms with van der Waals surface area (Å²) >= 11 is 0. The standard InChI is InChI=1S/C17H27N5O2/c1-12-13(17(2,3)14(12)24-4)20-16(23)22-10-8-21(9-11-22)15-18-6-5-7-19-15/h5-7,12-14H,8-11H2,1-4H3,(H,20,23). The van der Waals surface area contributed by atoms with Crippen LogP contribution in [0.5, 0.6) is 0 Å². The second-order valence-corrected chi connectivity index (χ2v) is 7.29. The minimum Gasteiger partial charge on any atom is -0.380 e. The SMILES string of the molecule is COC1C(C)C(NC(=O)N2CCN(c3ncccn3)CC2)C1(C)C. The third kappa shape index (κ3) is 2.92. The van der Waals surface area contributed by atoms with Crippen molar-refractivity contribution in [2.75, 3.05) is 38.2 Å². The number of hydrogen-bond donors (Lipinski definition) is 1. The lowest BCUT2D eigenvalue weighted by molar-refractivity contribution is -0.141. The van der Waals surface area contributed by atoms with E-state index in [2.05, 4.69) is 41.0 Å². The molecule has 1 saturated heterocycles. The highest BCUT2D eigenvalue weighted by Crippen LogP contribution is 2.46. The van der Waals surface area contributed by atoms with E-state index in [1.807, 2.05) is 11.0 Å². The van der Waals surface area contributed by atoms with Gasteiger partial charge in [-0.05, 0) is 6.07 Å². The van der Waals surface area contributed by atoms with Crippen LogP contribution in [-0.2, 0) is 4.74 Å². The molecule has 1 aromatic rings. The van der Waals surface area contributed by atoms with Crippen LogP contribution >= 0.6 is 0 Å². The molecule has 1 aromatic heterocycles. The summed E-state index contributed by atoms with van der Waals surface area (Å²) < 4.78 is 5.55. The predicted octanol–water partition coefficient (Wildman–Crippen LogP) is 1.37. The van der Waals surface area contributed by atoms with Gasteiger partial charge >= 0.3 is 6.03 Å². The molecule has 7 heteroatoms. The van der Waals surface area contributed by atoms with E-state index in [1.54, 1.807) is 19.5 Å². The maximum atomic E-state index is 12.6. The van der Waals surface area contributed by atoms with E-state index in [9.17, 15) is 4.79 Å². The van der Waals surface area contributed by atoms with Crippen LogP contribution in [-0.4, -0.2) is 66.3 Å². The molecule has 2 fully saturated rings. The maximum absolute atomic E-state index is 12.6.